The lowest BCUT2D eigenvalue weighted by molar-refractivity contribution is -0.384. The minimum Gasteiger partial charge on any atom is -0.481 e. The fourth-order valence-corrected chi connectivity index (χ4v) is 1.68. The van der Waals surface area contributed by atoms with Gasteiger partial charge in [0.15, 0.2) is 0 Å². The average molecular weight is 296 g/mol. The number of carbonyl (C=O) groups is 2. The molecular weight excluding hydrogens is 280 g/mol. The van der Waals surface area contributed by atoms with Crippen LogP contribution in [0.4, 0.5) is 5.69 Å². The third-order valence-electron chi connectivity index (χ3n) is 2.75. The van der Waals surface area contributed by atoms with Gasteiger partial charge in [0.25, 0.3) is 11.6 Å². The van der Waals surface area contributed by atoms with Crippen molar-refractivity contribution in [3.05, 3.63) is 39.9 Å². The Morgan fingerprint density at radius 1 is 1.38 bits per heavy atom. The maximum Gasteiger partial charge on any atom is 0.305 e. The van der Waals surface area contributed by atoms with Gasteiger partial charge in [-0.2, -0.15) is 0 Å². The van der Waals surface area contributed by atoms with Crippen LogP contribution in [0.2, 0.25) is 0 Å². The molecule has 8 heteroatoms. The highest BCUT2D eigenvalue weighted by Gasteiger charge is 2.18. The molecule has 114 valence electrons. The monoisotopic (exact) mass is 296 g/mol. The van der Waals surface area contributed by atoms with Crippen molar-refractivity contribution in [2.24, 2.45) is 0 Å². The molecule has 8 nitrogen and oxygen atoms in total. The quantitative estimate of drug-likeness (QED) is 0.569. The number of hydrogen-bond donors (Lipinski definition) is 1. The molecule has 0 heterocycles. The number of carbonyl (C=O) groups excluding carboxylic acids is 1. The molecule has 0 aromatic heterocycles. The van der Waals surface area contributed by atoms with Gasteiger partial charge in [-0.3, -0.25) is 19.7 Å². The summed E-state index contributed by atoms with van der Waals surface area (Å²) < 4.78 is 4.88. The van der Waals surface area contributed by atoms with Crippen LogP contribution in [0.3, 0.4) is 0 Å². The first kappa shape index (κ1) is 16.6. The predicted octanol–water partition coefficient (Wildman–Crippen LogP) is 1.16. The van der Waals surface area contributed by atoms with Crippen molar-refractivity contribution in [1.82, 2.24) is 4.90 Å². The van der Waals surface area contributed by atoms with Crippen LogP contribution in [0.5, 0.6) is 0 Å². The summed E-state index contributed by atoms with van der Waals surface area (Å²) in [6, 6.07) is 5.32. The van der Waals surface area contributed by atoms with Crippen molar-refractivity contribution in [3.63, 3.8) is 0 Å². The molecule has 0 aliphatic carbocycles. The molecule has 0 aliphatic heterocycles. The number of benzene rings is 1. The van der Waals surface area contributed by atoms with E-state index in [4.69, 9.17) is 9.84 Å². The summed E-state index contributed by atoms with van der Waals surface area (Å²) in [6.07, 6.45) is -0.204. The van der Waals surface area contributed by atoms with Crippen LogP contribution in [0.15, 0.2) is 24.3 Å². The van der Waals surface area contributed by atoms with E-state index in [-0.39, 0.29) is 37.4 Å². The number of methoxy groups -OCH3 is 1. The second-order valence-corrected chi connectivity index (χ2v) is 4.24. The predicted molar refractivity (Wildman–Crippen MR) is 73.1 cm³/mol. The minimum atomic E-state index is -1.02. The Hall–Kier alpha value is -2.48. The van der Waals surface area contributed by atoms with Crippen molar-refractivity contribution in [2.75, 3.05) is 26.8 Å². The molecule has 1 aromatic rings. The van der Waals surface area contributed by atoms with Gasteiger partial charge in [0.05, 0.1) is 18.0 Å². The van der Waals surface area contributed by atoms with E-state index in [0.29, 0.717) is 0 Å². The number of nitrogens with zero attached hydrogens (tertiary/aromatic N) is 2. The zero-order valence-electron chi connectivity index (χ0n) is 11.5. The van der Waals surface area contributed by atoms with Crippen molar-refractivity contribution >= 4 is 17.6 Å². The highest BCUT2D eigenvalue weighted by Crippen LogP contribution is 2.15. The van der Waals surface area contributed by atoms with Crippen molar-refractivity contribution in [3.8, 4) is 0 Å². The number of nitro benzene ring substituents is 1. The number of carboxylic acid groups (broad SMARTS) is 1. The van der Waals surface area contributed by atoms with Crippen molar-refractivity contribution in [2.45, 2.75) is 6.42 Å². The lowest BCUT2D eigenvalue weighted by atomic mass is 10.1. The Morgan fingerprint density at radius 3 is 2.67 bits per heavy atom. The van der Waals surface area contributed by atoms with Crippen molar-refractivity contribution < 1.29 is 24.4 Å². The lowest BCUT2D eigenvalue weighted by Gasteiger charge is -2.21. The first-order valence-corrected chi connectivity index (χ1v) is 6.20. The highest BCUT2D eigenvalue weighted by atomic mass is 16.6. The second-order valence-electron chi connectivity index (χ2n) is 4.24. The Balaban J connectivity index is 2.89. The number of non-ortho nitro benzene ring substituents is 1. The molecular formula is C13H16N2O6. The molecule has 1 N–H and O–H groups in total. The summed E-state index contributed by atoms with van der Waals surface area (Å²) in [5.74, 6) is -1.48. The van der Waals surface area contributed by atoms with Gasteiger partial charge in [0.2, 0.25) is 0 Å². The first-order chi connectivity index (χ1) is 9.95. The van der Waals surface area contributed by atoms with Gasteiger partial charge >= 0.3 is 5.97 Å². The van der Waals surface area contributed by atoms with Gasteiger partial charge in [-0.05, 0) is 6.07 Å². The van der Waals surface area contributed by atoms with Gasteiger partial charge in [-0.25, -0.2) is 0 Å². The fraction of sp³-hybridized carbons (Fsp3) is 0.385. The molecule has 0 bridgehead atoms. The van der Waals surface area contributed by atoms with Crippen LogP contribution < -0.4 is 0 Å². The number of nitro groups is 1. The first-order valence-electron chi connectivity index (χ1n) is 6.20. The summed E-state index contributed by atoms with van der Waals surface area (Å²) in [6.45, 7) is 0.478. The van der Waals surface area contributed by atoms with E-state index in [9.17, 15) is 19.7 Å². The van der Waals surface area contributed by atoms with Crippen LogP contribution >= 0.6 is 0 Å². The van der Waals surface area contributed by atoms with E-state index in [1.165, 1.54) is 36.3 Å². The number of rotatable bonds is 8. The molecule has 0 atom stereocenters. The Kier molecular flexibility index (Phi) is 6.28. The Labute approximate surface area is 121 Å². The van der Waals surface area contributed by atoms with E-state index in [2.05, 4.69) is 0 Å². The van der Waals surface area contributed by atoms with Crippen molar-refractivity contribution in [1.29, 1.82) is 0 Å². The maximum absolute atomic E-state index is 12.3. The Morgan fingerprint density at radius 2 is 2.10 bits per heavy atom. The van der Waals surface area contributed by atoms with E-state index >= 15 is 0 Å². The molecule has 0 unspecified atom stereocenters. The summed E-state index contributed by atoms with van der Waals surface area (Å²) >= 11 is 0. The van der Waals surface area contributed by atoms with Gasteiger partial charge in [-0.15, -0.1) is 0 Å². The van der Waals surface area contributed by atoms with Crippen LogP contribution in [-0.2, 0) is 9.53 Å². The number of ether oxygens (including phenoxy) is 1. The molecule has 1 aromatic carbocycles. The molecule has 0 saturated heterocycles. The minimum absolute atomic E-state index is 0.0141. The normalized spacial score (nSPS) is 10.1. The maximum atomic E-state index is 12.3. The molecule has 0 radical (unpaired) electrons. The molecule has 1 amide bonds. The highest BCUT2D eigenvalue weighted by molar-refractivity contribution is 5.95. The van der Waals surface area contributed by atoms with E-state index in [0.717, 1.165) is 0 Å². The van der Waals surface area contributed by atoms with E-state index in [1.807, 2.05) is 0 Å². The number of carboxylic acids is 1. The van der Waals surface area contributed by atoms with E-state index in [1.54, 1.807) is 0 Å². The summed E-state index contributed by atoms with van der Waals surface area (Å²) in [4.78, 5) is 34.3. The summed E-state index contributed by atoms with van der Waals surface area (Å²) in [5, 5.41) is 19.4. The number of aliphatic carboxylic acids is 1. The van der Waals surface area contributed by atoms with E-state index < -0.39 is 16.8 Å². The lowest BCUT2D eigenvalue weighted by Crippen LogP contribution is -2.35. The van der Waals surface area contributed by atoms with Crippen LogP contribution in [0.25, 0.3) is 0 Å². The topological polar surface area (TPSA) is 110 Å². The molecule has 0 saturated carbocycles. The van der Waals surface area contributed by atoms with Gasteiger partial charge in [0, 0.05) is 37.9 Å². The molecule has 21 heavy (non-hydrogen) atoms. The SMILES string of the molecule is COCCN(CCC(=O)O)C(=O)c1cccc([N+](=O)[O-])c1. The Bertz CT molecular complexity index is 531. The largest absolute Gasteiger partial charge is 0.481 e. The summed E-state index contributed by atoms with van der Waals surface area (Å²) in [5.41, 5.74) is -0.0449. The number of amides is 1. The standard InChI is InChI=1S/C13H16N2O6/c1-21-8-7-14(6-5-12(16)17)13(18)10-3-2-4-11(9-10)15(19)20/h2-4,9H,5-8H2,1H3,(H,16,17). The molecule has 0 aliphatic rings. The van der Waals surface area contributed by atoms with Crippen LogP contribution in [0, 0.1) is 10.1 Å². The zero-order chi connectivity index (χ0) is 15.8. The molecule has 0 spiro atoms. The van der Waals surface area contributed by atoms with Gasteiger partial charge in [-0.1, -0.05) is 6.07 Å². The van der Waals surface area contributed by atoms with Crippen LogP contribution in [-0.4, -0.2) is 53.6 Å². The molecule has 1 rings (SSSR count). The summed E-state index contributed by atoms with van der Waals surface area (Å²) in [7, 11) is 1.47. The third-order valence-corrected chi connectivity index (χ3v) is 2.75. The fourth-order valence-electron chi connectivity index (χ4n) is 1.68. The van der Waals surface area contributed by atoms with Gasteiger partial charge in [0.1, 0.15) is 0 Å². The molecule has 0 fully saturated rings. The smallest absolute Gasteiger partial charge is 0.305 e. The van der Waals surface area contributed by atoms with Gasteiger partial charge < -0.3 is 14.7 Å². The number of hydrogen-bond acceptors (Lipinski definition) is 5. The zero-order valence-corrected chi connectivity index (χ0v) is 11.5. The second kappa shape index (κ2) is 7.95. The third kappa shape index (κ3) is 5.19. The average Bonchev–Trinajstić information content (AvgIpc) is 2.46. The van der Waals surface area contributed by atoms with Crippen LogP contribution in [0.1, 0.15) is 16.8 Å².